The summed E-state index contributed by atoms with van der Waals surface area (Å²) in [6.07, 6.45) is 3.51. The Morgan fingerprint density at radius 1 is 0.950 bits per heavy atom. The van der Waals surface area contributed by atoms with E-state index >= 15 is 0 Å². The molecule has 2 saturated heterocycles. The van der Waals surface area contributed by atoms with Crippen LogP contribution in [0, 0.1) is 5.92 Å². The van der Waals surface area contributed by atoms with Gasteiger partial charge in [0, 0.05) is 51.2 Å². The average Bonchev–Trinajstić information content (AvgIpc) is 3.27. The average molecular weight is 281 g/mol. The number of hydrogen-bond acceptors (Lipinski definition) is 4. The highest BCUT2D eigenvalue weighted by atomic mass is 16.3. The van der Waals surface area contributed by atoms with Crippen LogP contribution in [0.3, 0.4) is 0 Å². The van der Waals surface area contributed by atoms with E-state index in [1.165, 1.54) is 0 Å². The van der Waals surface area contributed by atoms with Gasteiger partial charge < -0.3 is 14.9 Å². The van der Waals surface area contributed by atoms with E-state index in [1.807, 2.05) is 4.90 Å². The quantitative estimate of drug-likeness (QED) is 0.774. The number of aliphatic hydroxyl groups excluding tert-OH is 1. The molecule has 5 heteroatoms. The molecule has 20 heavy (non-hydrogen) atoms. The first-order valence-electron chi connectivity index (χ1n) is 8.04. The Labute approximate surface area is 121 Å². The summed E-state index contributed by atoms with van der Waals surface area (Å²) in [7, 11) is 2.15. The summed E-state index contributed by atoms with van der Waals surface area (Å²) in [5.74, 6) is 0.628. The van der Waals surface area contributed by atoms with Crippen molar-refractivity contribution in [2.24, 2.45) is 5.92 Å². The van der Waals surface area contributed by atoms with Crippen molar-refractivity contribution in [1.82, 2.24) is 14.7 Å². The first kappa shape index (κ1) is 14.3. The van der Waals surface area contributed by atoms with Gasteiger partial charge in [0.25, 0.3) is 0 Å². The molecule has 3 rings (SSSR count). The highest BCUT2D eigenvalue weighted by Crippen LogP contribution is 2.32. The Bertz CT molecular complexity index is 351. The zero-order valence-electron chi connectivity index (χ0n) is 12.5. The number of aliphatic hydroxyl groups is 1. The van der Waals surface area contributed by atoms with Crippen LogP contribution in [0.1, 0.15) is 25.7 Å². The standard InChI is InChI=1S/C15H27N3O2/c1-16-8-10-17(11-9-16)13-4-6-18(7-5-14(13)19)15(20)12-2-3-12/h12-14,19H,2-11H2,1H3/t13-,14-/m0/s1. The zero-order chi connectivity index (χ0) is 14.1. The molecule has 1 N–H and O–H groups in total. The van der Waals surface area contributed by atoms with Crippen LogP contribution in [-0.2, 0) is 4.79 Å². The van der Waals surface area contributed by atoms with Crippen molar-refractivity contribution in [2.75, 3.05) is 46.3 Å². The Hall–Kier alpha value is -0.650. The van der Waals surface area contributed by atoms with Crippen LogP contribution in [0.2, 0.25) is 0 Å². The lowest BCUT2D eigenvalue weighted by Gasteiger charge is -2.39. The lowest BCUT2D eigenvalue weighted by molar-refractivity contribution is -0.132. The number of likely N-dealkylation sites (N-methyl/N-ethyl adjacent to an activating group) is 1. The third kappa shape index (κ3) is 3.15. The van der Waals surface area contributed by atoms with Crippen molar-refractivity contribution in [3.8, 4) is 0 Å². The van der Waals surface area contributed by atoms with Crippen molar-refractivity contribution in [3.05, 3.63) is 0 Å². The summed E-state index contributed by atoms with van der Waals surface area (Å²) in [5, 5.41) is 10.4. The Kier molecular flexibility index (Phi) is 4.29. The molecule has 0 spiro atoms. The molecule has 2 atom stereocenters. The molecule has 1 aliphatic carbocycles. The number of carbonyl (C=O) groups is 1. The van der Waals surface area contributed by atoms with Crippen LogP contribution in [0.15, 0.2) is 0 Å². The highest BCUT2D eigenvalue weighted by molar-refractivity contribution is 5.81. The van der Waals surface area contributed by atoms with Gasteiger partial charge in [-0.05, 0) is 32.7 Å². The van der Waals surface area contributed by atoms with Gasteiger partial charge in [0.1, 0.15) is 0 Å². The maximum atomic E-state index is 12.2. The summed E-state index contributed by atoms with van der Waals surface area (Å²) < 4.78 is 0. The molecular weight excluding hydrogens is 254 g/mol. The summed E-state index contributed by atoms with van der Waals surface area (Å²) in [4.78, 5) is 18.9. The molecule has 0 aromatic rings. The third-order valence-corrected chi connectivity index (χ3v) is 5.08. The van der Waals surface area contributed by atoms with Gasteiger partial charge in [0.2, 0.25) is 5.91 Å². The molecule has 0 aromatic heterocycles. The summed E-state index contributed by atoms with van der Waals surface area (Å²) >= 11 is 0. The van der Waals surface area contributed by atoms with E-state index in [4.69, 9.17) is 0 Å². The number of likely N-dealkylation sites (tertiary alicyclic amines) is 1. The molecule has 3 aliphatic rings. The molecule has 1 amide bonds. The molecule has 5 nitrogen and oxygen atoms in total. The Morgan fingerprint density at radius 3 is 2.25 bits per heavy atom. The van der Waals surface area contributed by atoms with Crippen LogP contribution in [0.4, 0.5) is 0 Å². The van der Waals surface area contributed by atoms with Crippen LogP contribution in [0.25, 0.3) is 0 Å². The van der Waals surface area contributed by atoms with E-state index in [2.05, 4.69) is 16.8 Å². The van der Waals surface area contributed by atoms with E-state index in [0.29, 0.717) is 11.8 Å². The predicted molar refractivity (Wildman–Crippen MR) is 77.4 cm³/mol. The second-order valence-electron chi connectivity index (χ2n) is 6.65. The van der Waals surface area contributed by atoms with Crippen LogP contribution in [-0.4, -0.2) is 84.2 Å². The lowest BCUT2D eigenvalue weighted by Crippen LogP contribution is -2.52. The minimum absolute atomic E-state index is 0.237. The van der Waals surface area contributed by atoms with E-state index in [-0.39, 0.29) is 12.1 Å². The van der Waals surface area contributed by atoms with Gasteiger partial charge in [-0.1, -0.05) is 0 Å². The number of rotatable bonds is 2. The number of piperazine rings is 1. The topological polar surface area (TPSA) is 47.0 Å². The third-order valence-electron chi connectivity index (χ3n) is 5.08. The summed E-state index contributed by atoms with van der Waals surface area (Å²) in [6, 6.07) is 0.237. The second-order valence-corrected chi connectivity index (χ2v) is 6.65. The summed E-state index contributed by atoms with van der Waals surface area (Å²) in [5.41, 5.74) is 0. The number of amides is 1. The van der Waals surface area contributed by atoms with E-state index < -0.39 is 0 Å². The monoisotopic (exact) mass is 281 g/mol. The molecule has 0 bridgehead atoms. The largest absolute Gasteiger partial charge is 0.391 e. The molecule has 114 valence electrons. The van der Waals surface area contributed by atoms with E-state index in [0.717, 1.165) is 65.0 Å². The van der Waals surface area contributed by atoms with Gasteiger partial charge in [-0.25, -0.2) is 0 Å². The SMILES string of the molecule is CN1CCN([C@H]2CCN(C(=O)C3CC3)CC[C@@H]2O)CC1. The first-order valence-corrected chi connectivity index (χ1v) is 8.04. The Balaban J connectivity index is 1.57. The number of hydrogen-bond donors (Lipinski definition) is 1. The molecule has 1 saturated carbocycles. The maximum absolute atomic E-state index is 12.2. The van der Waals surface area contributed by atoms with Crippen molar-refractivity contribution < 1.29 is 9.90 Å². The van der Waals surface area contributed by atoms with Crippen LogP contribution in [0.5, 0.6) is 0 Å². The Morgan fingerprint density at radius 2 is 1.60 bits per heavy atom. The highest BCUT2D eigenvalue weighted by Gasteiger charge is 2.37. The molecule has 2 heterocycles. The van der Waals surface area contributed by atoms with E-state index in [1.54, 1.807) is 0 Å². The fraction of sp³-hybridized carbons (Fsp3) is 0.933. The molecule has 3 fully saturated rings. The van der Waals surface area contributed by atoms with Crippen molar-refractivity contribution in [3.63, 3.8) is 0 Å². The fourth-order valence-electron chi connectivity index (χ4n) is 3.46. The molecule has 0 aromatic carbocycles. The normalized spacial score (nSPS) is 34.0. The lowest BCUT2D eigenvalue weighted by atomic mass is 10.0. The molecule has 0 radical (unpaired) electrons. The fourth-order valence-corrected chi connectivity index (χ4v) is 3.46. The maximum Gasteiger partial charge on any atom is 0.225 e. The van der Waals surface area contributed by atoms with Gasteiger partial charge in [0.05, 0.1) is 6.10 Å². The second kappa shape index (κ2) is 6.00. The van der Waals surface area contributed by atoms with Crippen LogP contribution < -0.4 is 0 Å². The first-order chi connectivity index (χ1) is 9.65. The van der Waals surface area contributed by atoms with Crippen molar-refractivity contribution in [1.29, 1.82) is 0 Å². The summed E-state index contributed by atoms with van der Waals surface area (Å²) in [6.45, 7) is 5.79. The van der Waals surface area contributed by atoms with Gasteiger partial charge in [-0.3, -0.25) is 9.69 Å². The van der Waals surface area contributed by atoms with Crippen LogP contribution >= 0.6 is 0 Å². The van der Waals surface area contributed by atoms with Gasteiger partial charge in [-0.2, -0.15) is 0 Å². The van der Waals surface area contributed by atoms with Crippen molar-refractivity contribution in [2.45, 2.75) is 37.8 Å². The molecule has 2 aliphatic heterocycles. The smallest absolute Gasteiger partial charge is 0.225 e. The minimum Gasteiger partial charge on any atom is -0.391 e. The van der Waals surface area contributed by atoms with Crippen molar-refractivity contribution >= 4 is 5.91 Å². The number of nitrogens with zero attached hydrogens (tertiary/aromatic N) is 3. The van der Waals surface area contributed by atoms with Gasteiger partial charge >= 0.3 is 0 Å². The predicted octanol–water partition coefficient (Wildman–Crippen LogP) is -0.00430. The molecule has 0 unspecified atom stereocenters. The zero-order valence-corrected chi connectivity index (χ0v) is 12.5. The molecular formula is C15H27N3O2. The number of carbonyl (C=O) groups excluding carboxylic acids is 1. The minimum atomic E-state index is -0.282. The van der Waals surface area contributed by atoms with E-state index in [9.17, 15) is 9.90 Å². The van der Waals surface area contributed by atoms with Gasteiger partial charge in [-0.15, -0.1) is 0 Å². The van der Waals surface area contributed by atoms with Gasteiger partial charge in [0.15, 0.2) is 0 Å².